The van der Waals surface area contributed by atoms with E-state index >= 15 is 0 Å². The molecule has 2 heterocycles. The van der Waals surface area contributed by atoms with Crippen molar-refractivity contribution >= 4 is 78.6 Å². The van der Waals surface area contributed by atoms with E-state index in [0.717, 1.165) is 33.4 Å². The standard InChI is InChI=1S/C34H51N4O18P3S4/c1-4-60-61-23-52-28-19-31(54-29(28)21-53-58(46,47)56-59(48,49)55-57(43,44)45)38-20-26(32(40)37-33(38)41)8-7-14-36-34(42)51-17-6-5-16-50-22-62-63-27-11-9-25(10-12-27)18-30(39)35-15-13-24(2)3/h9-12,20,24,28-29,31H,4-6,13-19,21-23H2,1-3H3,(H,35,39)(H,36,42)(H,46,47)(H,48,49)(H,37,40,41)(H2,43,44,45)/t28-,29?,31-/m1/s1. The van der Waals surface area contributed by atoms with Gasteiger partial charge < -0.3 is 49.2 Å². The van der Waals surface area contributed by atoms with Gasteiger partial charge >= 0.3 is 35.3 Å². The molecule has 1 aliphatic heterocycles. The van der Waals surface area contributed by atoms with E-state index in [-0.39, 0.29) is 37.0 Å². The Morgan fingerprint density at radius 1 is 0.984 bits per heavy atom. The van der Waals surface area contributed by atoms with Gasteiger partial charge in [0.15, 0.2) is 0 Å². The van der Waals surface area contributed by atoms with Crippen LogP contribution in [0.4, 0.5) is 4.79 Å². The second-order valence-corrected chi connectivity index (χ2v) is 22.8. The van der Waals surface area contributed by atoms with Crippen molar-refractivity contribution in [3.05, 3.63) is 62.4 Å². The van der Waals surface area contributed by atoms with Gasteiger partial charge in [-0.05, 0) is 42.9 Å². The van der Waals surface area contributed by atoms with Gasteiger partial charge in [-0.3, -0.25) is 23.7 Å². The molecule has 0 bridgehead atoms. The number of carbonyl (C=O) groups is 2. The highest BCUT2D eigenvalue weighted by molar-refractivity contribution is 8.77. The Balaban J connectivity index is 1.40. The van der Waals surface area contributed by atoms with Crippen LogP contribution in [0.2, 0.25) is 0 Å². The Morgan fingerprint density at radius 2 is 1.71 bits per heavy atom. The van der Waals surface area contributed by atoms with Crippen LogP contribution in [0.3, 0.4) is 0 Å². The molecule has 22 nitrogen and oxygen atoms in total. The first-order valence-electron chi connectivity index (χ1n) is 19.0. The number of aromatic nitrogens is 2. The molecule has 29 heteroatoms. The zero-order chi connectivity index (χ0) is 46.5. The number of rotatable bonds is 28. The number of phosphoric acid groups is 3. The molecule has 3 unspecified atom stereocenters. The van der Waals surface area contributed by atoms with Crippen molar-refractivity contribution in [3.63, 3.8) is 0 Å². The minimum Gasteiger partial charge on any atom is -0.450 e. The third-order valence-corrected chi connectivity index (χ3v) is 15.9. The summed E-state index contributed by atoms with van der Waals surface area (Å²) in [6.07, 6.45) is -0.481. The number of nitrogens with one attached hydrogen (secondary N) is 3. The van der Waals surface area contributed by atoms with Gasteiger partial charge in [-0.1, -0.05) is 87.9 Å². The van der Waals surface area contributed by atoms with Gasteiger partial charge in [-0.2, -0.15) is 8.62 Å². The van der Waals surface area contributed by atoms with E-state index in [1.165, 1.54) is 32.4 Å². The fourth-order valence-corrected chi connectivity index (χ4v) is 11.1. The Hall–Kier alpha value is -2.11. The SMILES string of the molecule is CCSSCO[C@@H]1C[C@H](n2cc(C#CCNC(=O)OCCCCOCSSc3ccc(CC(=O)NCCC(C)C)cc3)c(=O)[nH]c2=O)OC1COP(=O)(O)OP(=O)(O)OP(=O)(O)O. The van der Waals surface area contributed by atoms with E-state index in [0.29, 0.717) is 44.3 Å². The molecule has 63 heavy (non-hydrogen) atoms. The summed E-state index contributed by atoms with van der Waals surface area (Å²) in [6.45, 7) is 6.36. The number of ether oxygens (including phenoxy) is 4. The van der Waals surface area contributed by atoms with Crippen molar-refractivity contribution in [3.8, 4) is 11.8 Å². The average Bonchev–Trinajstić information content (AvgIpc) is 3.59. The first-order chi connectivity index (χ1) is 29.8. The molecule has 1 fully saturated rings. The number of alkyl carbamates (subject to hydrolysis) is 1. The maximum absolute atomic E-state index is 12.8. The van der Waals surface area contributed by atoms with Crippen LogP contribution < -0.4 is 21.9 Å². The van der Waals surface area contributed by atoms with Gasteiger partial charge in [0.25, 0.3) is 5.56 Å². The summed E-state index contributed by atoms with van der Waals surface area (Å²) in [5.74, 6) is 7.01. The average molecular weight is 1020 g/mol. The number of nitrogens with zero attached hydrogens (tertiary/aromatic N) is 1. The van der Waals surface area contributed by atoms with Crippen LogP contribution in [-0.2, 0) is 57.0 Å². The highest BCUT2D eigenvalue weighted by Crippen LogP contribution is 2.66. The van der Waals surface area contributed by atoms with Crippen LogP contribution in [-0.4, -0.2) is 104 Å². The van der Waals surface area contributed by atoms with E-state index in [1.54, 1.807) is 10.8 Å². The van der Waals surface area contributed by atoms with E-state index in [1.807, 2.05) is 31.2 Å². The lowest BCUT2D eigenvalue weighted by atomic mass is 10.1. The van der Waals surface area contributed by atoms with Crippen LogP contribution in [0.5, 0.6) is 0 Å². The van der Waals surface area contributed by atoms with Gasteiger partial charge in [0.2, 0.25) is 5.91 Å². The molecule has 0 saturated carbocycles. The molecule has 2 amide bonds. The molecule has 0 spiro atoms. The van der Waals surface area contributed by atoms with Crippen molar-refractivity contribution in [1.29, 1.82) is 0 Å². The maximum atomic E-state index is 12.8. The second-order valence-electron chi connectivity index (χ2n) is 13.4. The van der Waals surface area contributed by atoms with E-state index in [4.69, 9.17) is 33.3 Å². The lowest BCUT2D eigenvalue weighted by molar-refractivity contribution is -0.120. The summed E-state index contributed by atoms with van der Waals surface area (Å²) in [4.78, 5) is 89.6. The number of carbonyl (C=O) groups excluding carboxylic acids is 2. The molecular formula is C34H51N4O18P3S4. The topological polar surface area (TPSA) is 310 Å². The lowest BCUT2D eigenvalue weighted by Crippen LogP contribution is -2.34. The zero-order valence-corrected chi connectivity index (χ0v) is 40.3. The van der Waals surface area contributed by atoms with Gasteiger partial charge in [-0.15, -0.1) is 0 Å². The highest BCUT2D eigenvalue weighted by atomic mass is 33.1. The number of amides is 2. The van der Waals surface area contributed by atoms with Crippen LogP contribution in [0.15, 0.2) is 44.9 Å². The van der Waals surface area contributed by atoms with Gasteiger partial charge in [0.05, 0.1) is 32.3 Å². The Morgan fingerprint density at radius 3 is 2.41 bits per heavy atom. The van der Waals surface area contributed by atoms with Crippen LogP contribution >= 0.6 is 66.6 Å². The molecule has 354 valence electrons. The number of benzene rings is 1. The molecule has 1 aliphatic rings. The van der Waals surface area contributed by atoms with E-state index in [2.05, 4.69) is 49.9 Å². The molecule has 3 rings (SSSR count). The summed E-state index contributed by atoms with van der Waals surface area (Å²) < 4.78 is 70.6. The Kier molecular flexibility index (Phi) is 24.7. The minimum atomic E-state index is -5.77. The highest BCUT2D eigenvalue weighted by Gasteiger charge is 2.43. The molecular weight excluding hydrogens is 974 g/mol. The number of hydrogen-bond acceptors (Lipinski definition) is 18. The number of hydrogen-bond donors (Lipinski definition) is 7. The summed E-state index contributed by atoms with van der Waals surface area (Å²) >= 11 is 0. The lowest BCUT2D eigenvalue weighted by Gasteiger charge is -2.21. The maximum Gasteiger partial charge on any atom is 0.490 e. The number of phosphoric ester groups is 1. The molecule has 5 atom stereocenters. The third-order valence-electron chi connectivity index (χ3n) is 7.89. The van der Waals surface area contributed by atoms with Gasteiger partial charge in [-0.25, -0.2) is 23.3 Å². The van der Waals surface area contributed by atoms with E-state index in [9.17, 15) is 42.7 Å². The Bertz CT molecular complexity index is 2100. The second kappa shape index (κ2) is 28.2. The zero-order valence-electron chi connectivity index (χ0n) is 34.3. The van der Waals surface area contributed by atoms with Crippen molar-refractivity contribution in [1.82, 2.24) is 20.2 Å². The summed E-state index contributed by atoms with van der Waals surface area (Å²) in [5, 5.41) is 5.38. The summed E-state index contributed by atoms with van der Waals surface area (Å²) in [7, 11) is -11.0. The quantitative estimate of drug-likeness (QED) is 0.0196. The monoisotopic (exact) mass is 1020 g/mol. The Labute approximate surface area is 379 Å². The fraction of sp³-hybridized carbons (Fsp3) is 0.588. The summed E-state index contributed by atoms with van der Waals surface area (Å²) in [6, 6.07) is 7.82. The first kappa shape index (κ1) is 55.2. The van der Waals surface area contributed by atoms with Crippen molar-refractivity contribution in [2.75, 3.05) is 50.5 Å². The molecule has 1 aromatic heterocycles. The molecule has 1 aromatic carbocycles. The molecule has 0 aliphatic carbocycles. The van der Waals surface area contributed by atoms with Crippen molar-refractivity contribution in [2.24, 2.45) is 5.92 Å². The largest absolute Gasteiger partial charge is 0.490 e. The predicted molar refractivity (Wildman–Crippen MR) is 237 cm³/mol. The predicted octanol–water partition coefficient (Wildman–Crippen LogP) is 4.89. The molecule has 2 aromatic rings. The smallest absolute Gasteiger partial charge is 0.450 e. The molecule has 0 radical (unpaired) electrons. The third kappa shape index (κ3) is 23.3. The van der Waals surface area contributed by atoms with Crippen molar-refractivity contribution in [2.45, 2.75) is 76.2 Å². The summed E-state index contributed by atoms with van der Waals surface area (Å²) in [5.41, 5.74) is -0.971. The van der Waals surface area contributed by atoms with Crippen molar-refractivity contribution < 1.29 is 75.0 Å². The normalized spacial score (nSPS) is 18.3. The minimum absolute atomic E-state index is 0.00984. The number of aromatic amines is 1. The van der Waals surface area contributed by atoms with Crippen LogP contribution in [0.1, 0.15) is 63.8 Å². The van der Waals surface area contributed by atoms with Crippen LogP contribution in [0, 0.1) is 17.8 Å². The fourth-order valence-electron chi connectivity index (χ4n) is 5.06. The van der Waals surface area contributed by atoms with Gasteiger partial charge in [0, 0.05) is 36.4 Å². The first-order valence-corrected chi connectivity index (χ1v) is 28.4. The number of H-pyrrole nitrogens is 1. The van der Waals surface area contributed by atoms with Crippen LogP contribution in [0.25, 0.3) is 0 Å². The molecule has 7 N–H and O–H groups in total. The van der Waals surface area contributed by atoms with Gasteiger partial charge in [0.1, 0.15) is 29.8 Å². The molecule has 1 saturated heterocycles. The van der Waals surface area contributed by atoms with E-state index < -0.39 is 65.9 Å². The number of unbranched alkanes of at least 4 members (excludes halogenated alkanes) is 1.